The Labute approximate surface area is 69.8 Å². The molecule has 3 nitrogen and oxygen atoms in total. The summed E-state index contributed by atoms with van der Waals surface area (Å²) in [7, 11) is 2.11. The number of aromatic nitrogens is 1. The van der Waals surface area contributed by atoms with Gasteiger partial charge < -0.3 is 10.6 Å². The van der Waals surface area contributed by atoms with E-state index in [1.165, 1.54) is 10.6 Å². The quantitative estimate of drug-likeness (QED) is 0.622. The van der Waals surface area contributed by atoms with Crippen LogP contribution < -0.4 is 5.73 Å². The lowest BCUT2D eigenvalue weighted by Crippen LogP contribution is -2.25. The summed E-state index contributed by atoms with van der Waals surface area (Å²) in [6.45, 7) is 2.09. The molecular formula is C7H11N3S. The highest BCUT2D eigenvalue weighted by molar-refractivity contribution is 7.15. The molecule has 4 heteroatoms. The molecule has 60 valence electrons. The molecule has 1 aromatic rings. The lowest BCUT2D eigenvalue weighted by molar-refractivity contribution is 0.311. The van der Waals surface area contributed by atoms with Crippen molar-refractivity contribution in [1.82, 2.24) is 9.88 Å². The first-order valence-electron chi connectivity index (χ1n) is 3.68. The highest BCUT2D eigenvalue weighted by atomic mass is 32.1. The maximum atomic E-state index is 5.59. The van der Waals surface area contributed by atoms with Gasteiger partial charge in [-0.05, 0) is 13.5 Å². The minimum atomic E-state index is 0.713. The molecule has 1 aliphatic heterocycles. The molecule has 0 atom stereocenters. The molecule has 0 saturated carbocycles. The first-order chi connectivity index (χ1) is 5.25. The Bertz CT molecular complexity index is 269. The van der Waals surface area contributed by atoms with Gasteiger partial charge in [-0.25, -0.2) is 4.98 Å². The van der Waals surface area contributed by atoms with E-state index in [2.05, 4.69) is 16.9 Å². The van der Waals surface area contributed by atoms with Crippen LogP contribution in [0.5, 0.6) is 0 Å². The molecule has 2 N–H and O–H groups in total. The van der Waals surface area contributed by atoms with Gasteiger partial charge in [0, 0.05) is 18.0 Å². The Morgan fingerprint density at radius 1 is 1.64 bits per heavy atom. The number of hydrogen-bond donors (Lipinski definition) is 1. The molecule has 0 unspecified atom stereocenters. The number of rotatable bonds is 0. The van der Waals surface area contributed by atoms with E-state index < -0.39 is 0 Å². The number of thiazole rings is 1. The predicted octanol–water partition coefficient (Wildman–Crippen LogP) is 0.713. The Kier molecular flexibility index (Phi) is 1.58. The maximum absolute atomic E-state index is 5.59. The van der Waals surface area contributed by atoms with Crippen molar-refractivity contribution in [2.24, 2.45) is 0 Å². The molecule has 0 aliphatic carbocycles. The minimum absolute atomic E-state index is 0.713. The van der Waals surface area contributed by atoms with Crippen LogP contribution in [0.25, 0.3) is 0 Å². The number of nitrogens with zero attached hydrogens (tertiary/aromatic N) is 2. The highest BCUT2D eigenvalue weighted by Crippen LogP contribution is 2.25. The second-order valence-corrected chi connectivity index (χ2v) is 4.02. The predicted molar refractivity (Wildman–Crippen MR) is 46.6 cm³/mol. The zero-order valence-corrected chi connectivity index (χ0v) is 7.32. The third-order valence-electron chi connectivity index (χ3n) is 1.94. The van der Waals surface area contributed by atoms with Gasteiger partial charge in [0.05, 0.1) is 5.69 Å². The molecule has 0 amide bonds. The minimum Gasteiger partial charge on any atom is -0.375 e. The summed E-state index contributed by atoms with van der Waals surface area (Å²) in [5, 5.41) is 0.713. The normalized spacial score (nSPS) is 18.3. The molecule has 0 spiro atoms. The van der Waals surface area contributed by atoms with E-state index in [4.69, 9.17) is 5.73 Å². The van der Waals surface area contributed by atoms with Gasteiger partial charge in [-0.2, -0.15) is 0 Å². The second kappa shape index (κ2) is 2.46. The zero-order valence-electron chi connectivity index (χ0n) is 6.50. The smallest absolute Gasteiger partial charge is 0.180 e. The Morgan fingerprint density at radius 3 is 3.27 bits per heavy atom. The Balaban J connectivity index is 2.34. The van der Waals surface area contributed by atoms with Crippen LogP contribution in [0.3, 0.4) is 0 Å². The van der Waals surface area contributed by atoms with Crippen molar-refractivity contribution in [2.75, 3.05) is 19.3 Å². The number of likely N-dealkylation sites (N-methyl/N-ethyl adjacent to an activating group) is 1. The average Bonchev–Trinajstić information content (AvgIpc) is 2.27. The number of anilines is 1. The standard InChI is InChI=1S/C7H11N3S/c1-10-3-2-6-5(4-10)9-7(8)11-6/h2-4H2,1H3,(H2,8,9). The molecular weight excluding hydrogens is 158 g/mol. The van der Waals surface area contributed by atoms with Crippen molar-refractivity contribution < 1.29 is 0 Å². The van der Waals surface area contributed by atoms with Gasteiger partial charge >= 0.3 is 0 Å². The summed E-state index contributed by atoms with van der Waals surface area (Å²) in [6.07, 6.45) is 1.11. The van der Waals surface area contributed by atoms with Crippen molar-refractivity contribution >= 4 is 16.5 Å². The van der Waals surface area contributed by atoms with Gasteiger partial charge in [-0.1, -0.05) is 0 Å². The van der Waals surface area contributed by atoms with Crippen LogP contribution in [0.15, 0.2) is 0 Å². The van der Waals surface area contributed by atoms with Crippen LogP contribution in [0.1, 0.15) is 10.6 Å². The van der Waals surface area contributed by atoms with Gasteiger partial charge in [-0.15, -0.1) is 11.3 Å². The van der Waals surface area contributed by atoms with Crippen molar-refractivity contribution in [3.05, 3.63) is 10.6 Å². The topological polar surface area (TPSA) is 42.1 Å². The summed E-state index contributed by atoms with van der Waals surface area (Å²) >= 11 is 1.63. The molecule has 0 radical (unpaired) electrons. The summed E-state index contributed by atoms with van der Waals surface area (Å²) in [5.41, 5.74) is 6.77. The first-order valence-corrected chi connectivity index (χ1v) is 4.50. The van der Waals surface area contributed by atoms with E-state index >= 15 is 0 Å². The number of nitrogens with two attached hydrogens (primary N) is 1. The molecule has 0 fully saturated rings. The van der Waals surface area contributed by atoms with E-state index in [1.54, 1.807) is 11.3 Å². The van der Waals surface area contributed by atoms with Crippen LogP contribution in [-0.4, -0.2) is 23.5 Å². The Morgan fingerprint density at radius 2 is 2.45 bits per heavy atom. The van der Waals surface area contributed by atoms with Crippen LogP contribution in [0.4, 0.5) is 5.13 Å². The molecule has 1 aliphatic rings. The third kappa shape index (κ3) is 1.23. The van der Waals surface area contributed by atoms with Crippen molar-refractivity contribution in [3.63, 3.8) is 0 Å². The zero-order chi connectivity index (χ0) is 7.84. The van der Waals surface area contributed by atoms with E-state index in [0.717, 1.165) is 19.5 Å². The molecule has 2 rings (SSSR count). The van der Waals surface area contributed by atoms with Crippen molar-refractivity contribution in [2.45, 2.75) is 13.0 Å². The van der Waals surface area contributed by atoms with Crippen LogP contribution >= 0.6 is 11.3 Å². The molecule has 0 aromatic carbocycles. The van der Waals surface area contributed by atoms with Gasteiger partial charge in [0.15, 0.2) is 5.13 Å². The van der Waals surface area contributed by atoms with Gasteiger partial charge in [0.25, 0.3) is 0 Å². The van der Waals surface area contributed by atoms with E-state index in [0.29, 0.717) is 5.13 Å². The van der Waals surface area contributed by atoms with Crippen LogP contribution in [0.2, 0.25) is 0 Å². The van der Waals surface area contributed by atoms with E-state index in [-0.39, 0.29) is 0 Å². The van der Waals surface area contributed by atoms with Crippen LogP contribution in [0, 0.1) is 0 Å². The maximum Gasteiger partial charge on any atom is 0.180 e. The highest BCUT2D eigenvalue weighted by Gasteiger charge is 2.16. The fourth-order valence-corrected chi connectivity index (χ4v) is 2.18. The SMILES string of the molecule is CN1CCc2sc(N)nc2C1. The summed E-state index contributed by atoms with van der Waals surface area (Å²) in [4.78, 5) is 7.90. The van der Waals surface area contributed by atoms with Gasteiger partial charge in [0.2, 0.25) is 0 Å². The van der Waals surface area contributed by atoms with Crippen LogP contribution in [-0.2, 0) is 13.0 Å². The van der Waals surface area contributed by atoms with E-state index in [9.17, 15) is 0 Å². The summed E-state index contributed by atoms with van der Waals surface area (Å²) in [6, 6.07) is 0. The Hall–Kier alpha value is -0.610. The number of fused-ring (bicyclic) bond motifs is 1. The monoisotopic (exact) mass is 169 g/mol. The molecule has 2 heterocycles. The number of hydrogen-bond acceptors (Lipinski definition) is 4. The first kappa shape index (κ1) is 7.06. The van der Waals surface area contributed by atoms with Gasteiger partial charge in [0.1, 0.15) is 0 Å². The molecule has 11 heavy (non-hydrogen) atoms. The van der Waals surface area contributed by atoms with Gasteiger partial charge in [-0.3, -0.25) is 0 Å². The summed E-state index contributed by atoms with van der Waals surface area (Å²) in [5.74, 6) is 0. The molecule has 1 aromatic heterocycles. The fourth-order valence-electron chi connectivity index (χ4n) is 1.35. The van der Waals surface area contributed by atoms with Crippen molar-refractivity contribution in [3.8, 4) is 0 Å². The lowest BCUT2D eigenvalue weighted by atomic mass is 10.2. The van der Waals surface area contributed by atoms with E-state index in [1.807, 2.05) is 0 Å². The number of nitrogen functional groups attached to an aromatic ring is 1. The third-order valence-corrected chi connectivity index (χ3v) is 2.92. The lowest BCUT2D eigenvalue weighted by Gasteiger charge is -2.20. The largest absolute Gasteiger partial charge is 0.375 e. The van der Waals surface area contributed by atoms with Crippen molar-refractivity contribution in [1.29, 1.82) is 0 Å². The summed E-state index contributed by atoms with van der Waals surface area (Å²) < 4.78 is 0. The fraction of sp³-hybridized carbons (Fsp3) is 0.571. The molecule has 0 saturated heterocycles. The second-order valence-electron chi connectivity index (χ2n) is 2.91. The average molecular weight is 169 g/mol. The molecule has 0 bridgehead atoms.